The fraction of sp³-hybridized carbons (Fsp3) is 0.333. The van der Waals surface area contributed by atoms with Crippen molar-refractivity contribution in [1.29, 1.82) is 0 Å². The summed E-state index contributed by atoms with van der Waals surface area (Å²) in [5.74, 6) is 0. The molecule has 0 radical (unpaired) electrons. The molecule has 0 spiro atoms. The van der Waals surface area contributed by atoms with Gasteiger partial charge in [-0.05, 0) is 11.6 Å². The monoisotopic (exact) mass is 253 g/mol. The van der Waals surface area contributed by atoms with Gasteiger partial charge in [-0.1, -0.05) is 30.3 Å². The van der Waals surface area contributed by atoms with Gasteiger partial charge in [0.1, 0.15) is 0 Å². The molecular formula is C12H15NO3S. The molecular weight excluding hydrogens is 238 g/mol. The molecule has 0 unspecified atom stereocenters. The Hall–Kier alpha value is -1.17. The molecule has 1 heterocycles. The Balaban J connectivity index is 2.09. The minimum Gasteiger partial charge on any atom is -0.379 e. The molecule has 0 aliphatic carbocycles. The summed E-state index contributed by atoms with van der Waals surface area (Å²) in [5, 5.41) is 1.26. The fourth-order valence-electron chi connectivity index (χ4n) is 1.62. The molecule has 92 valence electrons. The summed E-state index contributed by atoms with van der Waals surface area (Å²) in [7, 11) is -3.31. The number of sulfonamides is 1. The predicted octanol–water partition coefficient (Wildman–Crippen LogP) is 1.32. The van der Waals surface area contributed by atoms with E-state index < -0.39 is 10.0 Å². The first-order valence-electron chi connectivity index (χ1n) is 5.49. The Morgan fingerprint density at radius 2 is 1.76 bits per heavy atom. The van der Waals surface area contributed by atoms with Crippen molar-refractivity contribution in [2.45, 2.75) is 0 Å². The van der Waals surface area contributed by atoms with E-state index in [0.717, 1.165) is 5.56 Å². The topological polar surface area (TPSA) is 46.6 Å². The van der Waals surface area contributed by atoms with Gasteiger partial charge in [0, 0.05) is 18.5 Å². The summed E-state index contributed by atoms with van der Waals surface area (Å²) in [6.07, 6.45) is 1.62. The maximum absolute atomic E-state index is 11.9. The summed E-state index contributed by atoms with van der Waals surface area (Å²) in [6, 6.07) is 9.38. The van der Waals surface area contributed by atoms with Crippen LogP contribution >= 0.6 is 0 Å². The van der Waals surface area contributed by atoms with Crippen molar-refractivity contribution in [1.82, 2.24) is 4.31 Å². The summed E-state index contributed by atoms with van der Waals surface area (Å²) in [6.45, 7) is 1.81. The van der Waals surface area contributed by atoms with Crippen LogP contribution in [0.1, 0.15) is 5.56 Å². The zero-order valence-electron chi connectivity index (χ0n) is 9.45. The molecule has 0 bridgehead atoms. The first kappa shape index (κ1) is 12.3. The smallest absolute Gasteiger partial charge is 0.236 e. The lowest BCUT2D eigenvalue weighted by Gasteiger charge is -2.24. The lowest BCUT2D eigenvalue weighted by Crippen LogP contribution is -2.39. The molecule has 2 rings (SSSR count). The van der Waals surface area contributed by atoms with Gasteiger partial charge in [-0.15, -0.1) is 0 Å². The molecule has 4 nitrogen and oxygen atoms in total. The van der Waals surface area contributed by atoms with Crippen LogP contribution in [0.2, 0.25) is 0 Å². The Kier molecular flexibility index (Phi) is 3.93. The first-order valence-corrected chi connectivity index (χ1v) is 7.00. The van der Waals surface area contributed by atoms with Gasteiger partial charge in [0.2, 0.25) is 10.0 Å². The lowest BCUT2D eigenvalue weighted by atomic mass is 10.2. The van der Waals surface area contributed by atoms with Crippen LogP contribution in [0.3, 0.4) is 0 Å². The number of ether oxygens (including phenoxy) is 1. The van der Waals surface area contributed by atoms with Gasteiger partial charge in [-0.25, -0.2) is 8.42 Å². The average molecular weight is 253 g/mol. The van der Waals surface area contributed by atoms with E-state index >= 15 is 0 Å². The maximum atomic E-state index is 11.9. The third kappa shape index (κ3) is 3.39. The van der Waals surface area contributed by atoms with Crippen LogP contribution in [0.4, 0.5) is 0 Å². The molecule has 0 aromatic heterocycles. The average Bonchev–Trinajstić information content (AvgIpc) is 2.39. The van der Waals surface area contributed by atoms with Crippen LogP contribution in [0, 0.1) is 0 Å². The molecule has 1 aliphatic rings. The number of hydrogen-bond donors (Lipinski definition) is 0. The van der Waals surface area contributed by atoms with E-state index in [1.807, 2.05) is 30.3 Å². The standard InChI is InChI=1S/C12H15NO3S/c14-17(15,13-7-9-16-10-8-13)11-6-12-4-2-1-3-5-12/h1-6,11H,7-10H2/b11-6-. The van der Waals surface area contributed by atoms with E-state index in [4.69, 9.17) is 4.74 Å². The Morgan fingerprint density at radius 1 is 1.12 bits per heavy atom. The Labute approximate surface area is 102 Å². The molecule has 1 saturated heterocycles. The second-order valence-electron chi connectivity index (χ2n) is 3.77. The van der Waals surface area contributed by atoms with Gasteiger partial charge in [0.15, 0.2) is 0 Å². The number of nitrogens with zero attached hydrogens (tertiary/aromatic N) is 1. The summed E-state index contributed by atoms with van der Waals surface area (Å²) in [4.78, 5) is 0. The SMILES string of the molecule is O=S(=O)(/C=C\c1ccccc1)N1CCOCC1. The van der Waals surface area contributed by atoms with Crippen molar-refractivity contribution >= 4 is 16.1 Å². The molecule has 17 heavy (non-hydrogen) atoms. The van der Waals surface area contributed by atoms with Crippen molar-refractivity contribution in [2.24, 2.45) is 0 Å². The van der Waals surface area contributed by atoms with Gasteiger partial charge < -0.3 is 4.74 Å². The molecule has 0 amide bonds. The third-order valence-corrected chi connectivity index (χ3v) is 4.13. The van der Waals surface area contributed by atoms with E-state index in [2.05, 4.69) is 0 Å². The number of hydrogen-bond acceptors (Lipinski definition) is 3. The molecule has 0 atom stereocenters. The summed E-state index contributed by atoms with van der Waals surface area (Å²) >= 11 is 0. The highest BCUT2D eigenvalue weighted by Gasteiger charge is 2.21. The number of morpholine rings is 1. The lowest BCUT2D eigenvalue weighted by molar-refractivity contribution is 0.0736. The highest BCUT2D eigenvalue weighted by Crippen LogP contribution is 2.09. The van der Waals surface area contributed by atoms with Crippen LogP contribution in [0.25, 0.3) is 6.08 Å². The van der Waals surface area contributed by atoms with Crippen LogP contribution in [0.5, 0.6) is 0 Å². The second kappa shape index (κ2) is 5.44. The molecule has 5 heteroatoms. The fourth-order valence-corrected chi connectivity index (χ4v) is 2.78. The Bertz CT molecular complexity index is 476. The van der Waals surface area contributed by atoms with E-state index in [1.54, 1.807) is 6.08 Å². The molecule has 1 fully saturated rings. The van der Waals surface area contributed by atoms with Crippen LogP contribution < -0.4 is 0 Å². The molecule has 0 N–H and O–H groups in total. The second-order valence-corrected chi connectivity index (χ2v) is 5.59. The quantitative estimate of drug-likeness (QED) is 0.816. The molecule has 1 aromatic rings. The van der Waals surface area contributed by atoms with Gasteiger partial charge >= 0.3 is 0 Å². The highest BCUT2D eigenvalue weighted by atomic mass is 32.2. The van der Waals surface area contributed by atoms with Gasteiger partial charge in [0.05, 0.1) is 13.2 Å². The normalized spacial score (nSPS) is 18.6. The number of benzene rings is 1. The molecule has 1 aliphatic heterocycles. The zero-order chi connectivity index (χ0) is 12.1. The maximum Gasteiger partial charge on any atom is 0.236 e. The highest BCUT2D eigenvalue weighted by molar-refractivity contribution is 7.92. The predicted molar refractivity (Wildman–Crippen MR) is 66.8 cm³/mol. The van der Waals surface area contributed by atoms with Crippen LogP contribution in [-0.2, 0) is 14.8 Å². The van der Waals surface area contributed by atoms with Crippen LogP contribution in [-0.4, -0.2) is 39.0 Å². The summed E-state index contributed by atoms with van der Waals surface area (Å²) < 4.78 is 30.5. The minimum atomic E-state index is -3.31. The van der Waals surface area contributed by atoms with Gasteiger partial charge in [0.25, 0.3) is 0 Å². The van der Waals surface area contributed by atoms with Crippen molar-refractivity contribution in [3.05, 3.63) is 41.3 Å². The van der Waals surface area contributed by atoms with Crippen molar-refractivity contribution in [3.8, 4) is 0 Å². The molecule has 1 aromatic carbocycles. The van der Waals surface area contributed by atoms with Crippen LogP contribution in [0.15, 0.2) is 35.7 Å². The van der Waals surface area contributed by atoms with Gasteiger partial charge in [-0.3, -0.25) is 0 Å². The Morgan fingerprint density at radius 3 is 2.41 bits per heavy atom. The zero-order valence-corrected chi connectivity index (χ0v) is 10.3. The van der Waals surface area contributed by atoms with Crippen molar-refractivity contribution in [3.63, 3.8) is 0 Å². The minimum absolute atomic E-state index is 0.432. The molecule has 0 saturated carbocycles. The van der Waals surface area contributed by atoms with E-state index in [0.29, 0.717) is 26.3 Å². The first-order chi connectivity index (χ1) is 8.18. The van der Waals surface area contributed by atoms with E-state index in [-0.39, 0.29) is 0 Å². The van der Waals surface area contributed by atoms with E-state index in [9.17, 15) is 8.42 Å². The third-order valence-electron chi connectivity index (χ3n) is 2.56. The van der Waals surface area contributed by atoms with Crippen molar-refractivity contribution in [2.75, 3.05) is 26.3 Å². The van der Waals surface area contributed by atoms with E-state index in [1.165, 1.54) is 9.71 Å². The van der Waals surface area contributed by atoms with Gasteiger partial charge in [-0.2, -0.15) is 4.31 Å². The number of rotatable bonds is 3. The van der Waals surface area contributed by atoms with Crippen molar-refractivity contribution < 1.29 is 13.2 Å². The summed E-state index contributed by atoms with van der Waals surface area (Å²) in [5.41, 5.74) is 0.879. The largest absolute Gasteiger partial charge is 0.379 e.